The number of benzene rings is 2. The van der Waals surface area contributed by atoms with Gasteiger partial charge < -0.3 is 4.98 Å². The smallest absolute Gasteiger partial charge is 0.196 e. The van der Waals surface area contributed by atoms with E-state index in [0.29, 0.717) is 5.25 Å². The van der Waals surface area contributed by atoms with E-state index in [-0.39, 0.29) is 5.82 Å². The lowest BCUT2D eigenvalue weighted by molar-refractivity contribution is 0.627. The number of halogens is 1. The molecule has 26 heavy (non-hydrogen) atoms. The molecule has 0 saturated heterocycles. The molecule has 0 spiro atoms. The Morgan fingerprint density at radius 3 is 2.65 bits per heavy atom. The number of nitrogens with one attached hydrogen (secondary N) is 1. The Bertz CT molecular complexity index is 1040. The first-order valence-corrected chi connectivity index (χ1v) is 9.50. The number of aromatic nitrogens is 4. The fraction of sp³-hybridized carbons (Fsp3) is 0.200. The van der Waals surface area contributed by atoms with Gasteiger partial charge in [-0.25, -0.2) is 4.39 Å². The zero-order valence-corrected chi connectivity index (χ0v) is 15.4. The molecule has 6 heteroatoms. The summed E-state index contributed by atoms with van der Waals surface area (Å²) in [6.45, 7) is 4.32. The van der Waals surface area contributed by atoms with Crippen LogP contribution < -0.4 is 0 Å². The monoisotopic (exact) mass is 366 g/mol. The van der Waals surface area contributed by atoms with Crippen molar-refractivity contribution in [1.29, 1.82) is 0 Å². The number of hydrogen-bond donors (Lipinski definition) is 1. The van der Waals surface area contributed by atoms with Gasteiger partial charge in [0.05, 0.1) is 0 Å². The molecule has 2 aromatic heterocycles. The van der Waals surface area contributed by atoms with Crippen LogP contribution in [0, 0.1) is 5.82 Å². The van der Waals surface area contributed by atoms with Crippen LogP contribution in [-0.2, 0) is 0 Å². The summed E-state index contributed by atoms with van der Waals surface area (Å²) in [6, 6.07) is 14.6. The maximum Gasteiger partial charge on any atom is 0.196 e. The summed E-state index contributed by atoms with van der Waals surface area (Å²) < 4.78 is 15.4. The van der Waals surface area contributed by atoms with Crippen molar-refractivity contribution in [2.75, 3.05) is 0 Å². The molecule has 1 atom stereocenters. The van der Waals surface area contributed by atoms with Gasteiger partial charge in [-0.2, -0.15) is 0 Å². The van der Waals surface area contributed by atoms with Crippen molar-refractivity contribution >= 4 is 22.7 Å². The molecule has 4 rings (SSSR count). The molecule has 0 aliphatic heterocycles. The molecule has 0 aliphatic carbocycles. The Kier molecular flexibility index (Phi) is 4.51. The van der Waals surface area contributed by atoms with Crippen LogP contribution in [0.1, 0.15) is 20.3 Å². The van der Waals surface area contributed by atoms with Crippen LogP contribution in [0.15, 0.2) is 59.9 Å². The highest BCUT2D eigenvalue weighted by atomic mass is 32.2. The first-order chi connectivity index (χ1) is 12.7. The fourth-order valence-electron chi connectivity index (χ4n) is 2.86. The molecule has 0 saturated carbocycles. The molecule has 4 aromatic rings. The topological polar surface area (TPSA) is 46.5 Å². The Hall–Kier alpha value is -2.60. The largest absolute Gasteiger partial charge is 0.360 e. The molecule has 2 aromatic carbocycles. The van der Waals surface area contributed by atoms with Crippen molar-refractivity contribution in [2.45, 2.75) is 30.7 Å². The Morgan fingerprint density at radius 1 is 1.12 bits per heavy atom. The van der Waals surface area contributed by atoms with Crippen molar-refractivity contribution in [1.82, 2.24) is 19.7 Å². The lowest BCUT2D eigenvalue weighted by atomic mass is 10.1. The zero-order chi connectivity index (χ0) is 18.1. The summed E-state index contributed by atoms with van der Waals surface area (Å²) in [5.41, 5.74) is 2.88. The van der Waals surface area contributed by atoms with Gasteiger partial charge >= 0.3 is 0 Å². The maximum absolute atomic E-state index is 13.4. The minimum absolute atomic E-state index is 0.258. The van der Waals surface area contributed by atoms with Crippen LogP contribution in [0.2, 0.25) is 0 Å². The van der Waals surface area contributed by atoms with Gasteiger partial charge in [0.25, 0.3) is 0 Å². The summed E-state index contributed by atoms with van der Waals surface area (Å²) >= 11 is 1.68. The first-order valence-electron chi connectivity index (χ1n) is 8.62. The van der Waals surface area contributed by atoms with Crippen molar-refractivity contribution in [2.24, 2.45) is 0 Å². The minimum atomic E-state index is -0.258. The van der Waals surface area contributed by atoms with Crippen molar-refractivity contribution in [3.05, 3.63) is 60.5 Å². The highest BCUT2D eigenvalue weighted by Crippen LogP contribution is 2.34. The summed E-state index contributed by atoms with van der Waals surface area (Å²) in [5.74, 6) is 0.492. The number of H-pyrrole nitrogens is 1. The molecule has 0 aliphatic rings. The molecule has 0 radical (unpaired) electrons. The molecule has 0 bridgehead atoms. The van der Waals surface area contributed by atoms with E-state index in [4.69, 9.17) is 0 Å². The van der Waals surface area contributed by atoms with Crippen LogP contribution in [0.3, 0.4) is 0 Å². The standard InChI is InChI=1S/C20H19FN4S/c1-3-13(2)26-20-24-23-19(25(20)15-10-8-14(21)9-11-15)17-12-22-18-7-5-4-6-16(17)18/h4-13,22H,3H2,1-2H3. The predicted molar refractivity (Wildman–Crippen MR) is 104 cm³/mol. The van der Waals surface area contributed by atoms with Crippen LogP contribution in [0.4, 0.5) is 4.39 Å². The maximum atomic E-state index is 13.4. The third-order valence-electron chi connectivity index (χ3n) is 4.43. The molecule has 0 amide bonds. The van der Waals surface area contributed by atoms with Gasteiger partial charge in [-0.3, -0.25) is 4.57 Å². The van der Waals surface area contributed by atoms with Gasteiger partial charge in [0.15, 0.2) is 11.0 Å². The molecule has 1 N–H and O–H groups in total. The lowest BCUT2D eigenvalue weighted by Gasteiger charge is -2.12. The summed E-state index contributed by atoms with van der Waals surface area (Å²) in [6.07, 6.45) is 2.98. The first kappa shape index (κ1) is 16.8. The average Bonchev–Trinajstić information content (AvgIpc) is 3.26. The van der Waals surface area contributed by atoms with Gasteiger partial charge in [-0.05, 0) is 36.8 Å². The number of hydrogen-bond acceptors (Lipinski definition) is 3. The van der Waals surface area contributed by atoms with Crippen molar-refractivity contribution < 1.29 is 4.39 Å². The van der Waals surface area contributed by atoms with Crippen LogP contribution in [-0.4, -0.2) is 25.0 Å². The SMILES string of the molecule is CCC(C)Sc1nnc(-c2c[nH]c3ccccc23)n1-c1ccc(F)cc1. The van der Waals surface area contributed by atoms with Crippen LogP contribution >= 0.6 is 11.8 Å². The van der Waals surface area contributed by atoms with Crippen LogP contribution in [0.5, 0.6) is 0 Å². The van der Waals surface area contributed by atoms with Gasteiger partial charge in [-0.1, -0.05) is 43.8 Å². The highest BCUT2D eigenvalue weighted by Gasteiger charge is 2.20. The van der Waals surface area contributed by atoms with E-state index in [0.717, 1.165) is 39.6 Å². The molecule has 0 fully saturated rings. The van der Waals surface area contributed by atoms with E-state index in [9.17, 15) is 4.39 Å². The molecule has 4 nitrogen and oxygen atoms in total. The Balaban J connectivity index is 1.90. The number of fused-ring (bicyclic) bond motifs is 1. The molecule has 1 unspecified atom stereocenters. The number of nitrogens with zero attached hydrogens (tertiary/aromatic N) is 3. The van der Waals surface area contributed by atoms with E-state index < -0.39 is 0 Å². The highest BCUT2D eigenvalue weighted by molar-refractivity contribution is 7.99. The predicted octanol–water partition coefficient (Wildman–Crippen LogP) is 5.45. The minimum Gasteiger partial charge on any atom is -0.360 e. The molecular formula is C20H19FN4S. The number of aromatic amines is 1. The average molecular weight is 366 g/mol. The van der Waals surface area contributed by atoms with Gasteiger partial charge in [0.2, 0.25) is 0 Å². The van der Waals surface area contributed by atoms with E-state index in [1.54, 1.807) is 23.9 Å². The second-order valence-electron chi connectivity index (χ2n) is 6.20. The van der Waals surface area contributed by atoms with Crippen molar-refractivity contribution in [3.8, 4) is 17.1 Å². The number of para-hydroxylation sites is 1. The zero-order valence-electron chi connectivity index (χ0n) is 14.6. The second kappa shape index (κ2) is 6.96. The van der Waals surface area contributed by atoms with Crippen LogP contribution in [0.25, 0.3) is 28.0 Å². The third-order valence-corrected chi connectivity index (χ3v) is 5.64. The normalized spacial score (nSPS) is 12.6. The van der Waals surface area contributed by atoms with E-state index in [1.165, 1.54) is 12.1 Å². The van der Waals surface area contributed by atoms with E-state index in [1.807, 2.05) is 29.0 Å². The molecule has 2 heterocycles. The van der Waals surface area contributed by atoms with Crippen molar-refractivity contribution in [3.63, 3.8) is 0 Å². The molecular weight excluding hydrogens is 347 g/mol. The third kappa shape index (κ3) is 3.01. The summed E-state index contributed by atoms with van der Waals surface area (Å²) in [5, 5.41) is 11.2. The second-order valence-corrected chi connectivity index (χ2v) is 7.61. The molecule has 132 valence electrons. The summed E-state index contributed by atoms with van der Waals surface area (Å²) in [4.78, 5) is 3.29. The Labute approximate surface area is 155 Å². The summed E-state index contributed by atoms with van der Waals surface area (Å²) in [7, 11) is 0. The van der Waals surface area contributed by atoms with E-state index in [2.05, 4.69) is 35.1 Å². The quantitative estimate of drug-likeness (QED) is 0.478. The van der Waals surface area contributed by atoms with Gasteiger partial charge in [0, 0.05) is 33.6 Å². The fourth-order valence-corrected chi connectivity index (χ4v) is 3.78. The lowest BCUT2D eigenvalue weighted by Crippen LogP contribution is -2.02. The Morgan fingerprint density at radius 2 is 1.88 bits per heavy atom. The van der Waals surface area contributed by atoms with Gasteiger partial charge in [0.1, 0.15) is 5.82 Å². The van der Waals surface area contributed by atoms with Gasteiger partial charge in [-0.15, -0.1) is 10.2 Å². The number of rotatable bonds is 5. The van der Waals surface area contributed by atoms with E-state index >= 15 is 0 Å². The number of thioether (sulfide) groups is 1.